The zero-order chi connectivity index (χ0) is 12.2. The highest BCUT2D eigenvalue weighted by Crippen LogP contribution is 2.19. The fraction of sp³-hybridized carbons (Fsp3) is 0.455. The van der Waals surface area contributed by atoms with Crippen molar-refractivity contribution in [2.45, 2.75) is 6.92 Å². The molecule has 0 fully saturated rings. The summed E-state index contributed by atoms with van der Waals surface area (Å²) in [5.74, 6) is -1.11. The van der Waals surface area contributed by atoms with Crippen LogP contribution in [0.2, 0.25) is 0 Å². The van der Waals surface area contributed by atoms with Crippen molar-refractivity contribution in [2.75, 3.05) is 25.1 Å². The summed E-state index contributed by atoms with van der Waals surface area (Å²) in [6.45, 7) is 1.30. The Kier molecular flexibility index (Phi) is 4.20. The van der Waals surface area contributed by atoms with Gasteiger partial charge in [0.2, 0.25) is 0 Å². The van der Waals surface area contributed by atoms with Crippen LogP contribution in [-0.4, -0.2) is 30.0 Å². The quantitative estimate of drug-likeness (QED) is 0.717. The molecule has 90 valence electrons. The first-order chi connectivity index (χ1) is 7.50. The molecular formula is C11H15F2NO2. The van der Waals surface area contributed by atoms with Crippen LogP contribution in [0.5, 0.6) is 0 Å². The van der Waals surface area contributed by atoms with E-state index in [4.69, 9.17) is 10.2 Å². The van der Waals surface area contributed by atoms with Crippen LogP contribution in [0.3, 0.4) is 0 Å². The SMILES string of the molecule is CC(CO)(CO)CNc1cc(F)ccc1F. The molecule has 1 aromatic rings. The van der Waals surface area contributed by atoms with Gasteiger partial charge in [-0.15, -0.1) is 0 Å². The Morgan fingerprint density at radius 3 is 2.44 bits per heavy atom. The average Bonchev–Trinajstić information content (AvgIpc) is 2.30. The summed E-state index contributed by atoms with van der Waals surface area (Å²) in [5.41, 5.74) is -0.744. The van der Waals surface area contributed by atoms with Gasteiger partial charge in [-0.05, 0) is 18.2 Å². The van der Waals surface area contributed by atoms with Crippen molar-refractivity contribution < 1.29 is 19.0 Å². The number of hydrogen-bond acceptors (Lipinski definition) is 3. The fourth-order valence-corrected chi connectivity index (χ4v) is 1.10. The monoisotopic (exact) mass is 231 g/mol. The second-order valence-electron chi connectivity index (χ2n) is 4.10. The van der Waals surface area contributed by atoms with E-state index in [9.17, 15) is 8.78 Å². The lowest BCUT2D eigenvalue weighted by atomic mass is 9.93. The van der Waals surface area contributed by atoms with E-state index in [0.29, 0.717) is 0 Å². The second kappa shape index (κ2) is 5.23. The van der Waals surface area contributed by atoms with Gasteiger partial charge >= 0.3 is 0 Å². The normalized spacial score (nSPS) is 11.6. The largest absolute Gasteiger partial charge is 0.396 e. The van der Waals surface area contributed by atoms with Crippen molar-refractivity contribution in [3.05, 3.63) is 29.8 Å². The van der Waals surface area contributed by atoms with Gasteiger partial charge in [0.25, 0.3) is 0 Å². The molecule has 0 saturated carbocycles. The zero-order valence-electron chi connectivity index (χ0n) is 9.00. The Morgan fingerprint density at radius 1 is 1.25 bits per heavy atom. The second-order valence-corrected chi connectivity index (χ2v) is 4.10. The highest BCUT2D eigenvalue weighted by molar-refractivity contribution is 5.45. The van der Waals surface area contributed by atoms with Crippen LogP contribution in [-0.2, 0) is 0 Å². The summed E-state index contributed by atoms with van der Waals surface area (Å²) >= 11 is 0. The summed E-state index contributed by atoms with van der Waals surface area (Å²) in [6, 6.07) is 3.08. The van der Waals surface area contributed by atoms with Gasteiger partial charge in [0.1, 0.15) is 11.6 Å². The van der Waals surface area contributed by atoms with E-state index in [1.54, 1.807) is 6.92 Å². The Labute approximate surface area is 92.7 Å². The number of halogens is 2. The van der Waals surface area contributed by atoms with E-state index in [2.05, 4.69) is 5.32 Å². The lowest BCUT2D eigenvalue weighted by molar-refractivity contribution is 0.0806. The summed E-state index contributed by atoms with van der Waals surface area (Å²) in [4.78, 5) is 0. The Balaban J connectivity index is 2.70. The van der Waals surface area contributed by atoms with E-state index in [0.717, 1.165) is 18.2 Å². The highest BCUT2D eigenvalue weighted by atomic mass is 19.1. The van der Waals surface area contributed by atoms with Crippen molar-refractivity contribution >= 4 is 5.69 Å². The molecule has 0 spiro atoms. The smallest absolute Gasteiger partial charge is 0.146 e. The number of aliphatic hydroxyl groups is 2. The molecule has 0 heterocycles. The van der Waals surface area contributed by atoms with Gasteiger partial charge in [-0.25, -0.2) is 8.78 Å². The van der Waals surface area contributed by atoms with Crippen LogP contribution in [0.25, 0.3) is 0 Å². The first-order valence-electron chi connectivity index (χ1n) is 4.91. The summed E-state index contributed by atoms with van der Waals surface area (Å²) < 4.78 is 26.0. The van der Waals surface area contributed by atoms with Crippen molar-refractivity contribution in [3.8, 4) is 0 Å². The Bertz CT molecular complexity index is 354. The summed E-state index contributed by atoms with van der Waals surface area (Å²) in [5, 5.41) is 20.7. The third-order valence-corrected chi connectivity index (χ3v) is 2.40. The van der Waals surface area contributed by atoms with Gasteiger partial charge in [0, 0.05) is 12.0 Å². The van der Waals surface area contributed by atoms with Crippen molar-refractivity contribution in [1.29, 1.82) is 0 Å². The summed E-state index contributed by atoms with van der Waals surface area (Å²) in [6.07, 6.45) is 0. The molecule has 0 amide bonds. The van der Waals surface area contributed by atoms with Gasteiger partial charge < -0.3 is 15.5 Å². The Hall–Kier alpha value is -1.20. The van der Waals surface area contributed by atoms with Crippen LogP contribution < -0.4 is 5.32 Å². The number of aliphatic hydroxyl groups excluding tert-OH is 2. The van der Waals surface area contributed by atoms with Crippen LogP contribution in [0.1, 0.15) is 6.92 Å². The minimum atomic E-state index is -0.765. The third-order valence-electron chi connectivity index (χ3n) is 2.40. The van der Waals surface area contributed by atoms with E-state index in [-0.39, 0.29) is 25.4 Å². The number of anilines is 1. The van der Waals surface area contributed by atoms with Crippen molar-refractivity contribution in [2.24, 2.45) is 5.41 Å². The zero-order valence-corrected chi connectivity index (χ0v) is 9.00. The molecule has 5 heteroatoms. The maximum atomic E-state index is 13.2. The minimum absolute atomic E-state index is 0.0214. The predicted molar refractivity (Wildman–Crippen MR) is 57.1 cm³/mol. The lowest BCUT2D eigenvalue weighted by Crippen LogP contribution is -2.34. The van der Waals surface area contributed by atoms with Gasteiger partial charge in [0.05, 0.1) is 18.9 Å². The van der Waals surface area contributed by atoms with E-state index >= 15 is 0 Å². The molecule has 0 unspecified atom stereocenters. The predicted octanol–water partition coefficient (Wildman–Crippen LogP) is 1.37. The van der Waals surface area contributed by atoms with Crippen LogP contribution in [0.4, 0.5) is 14.5 Å². The standard InChI is InChI=1S/C11H15F2NO2/c1-11(6-15,7-16)5-14-10-4-8(12)2-3-9(10)13/h2-4,14-16H,5-7H2,1H3. The Morgan fingerprint density at radius 2 is 1.88 bits per heavy atom. The van der Waals surface area contributed by atoms with E-state index in [1.165, 1.54) is 0 Å². The summed E-state index contributed by atoms with van der Waals surface area (Å²) in [7, 11) is 0. The molecule has 0 atom stereocenters. The van der Waals surface area contributed by atoms with Gasteiger partial charge in [-0.2, -0.15) is 0 Å². The van der Waals surface area contributed by atoms with Crippen LogP contribution in [0, 0.1) is 17.0 Å². The molecule has 0 aliphatic rings. The molecule has 0 aromatic heterocycles. The first kappa shape index (κ1) is 12.9. The topological polar surface area (TPSA) is 52.5 Å². The molecule has 3 nitrogen and oxygen atoms in total. The maximum absolute atomic E-state index is 13.2. The first-order valence-corrected chi connectivity index (χ1v) is 4.91. The van der Waals surface area contributed by atoms with Crippen LogP contribution >= 0.6 is 0 Å². The molecule has 0 aliphatic heterocycles. The molecule has 0 bridgehead atoms. The molecule has 1 aromatic carbocycles. The van der Waals surface area contributed by atoms with Crippen molar-refractivity contribution in [3.63, 3.8) is 0 Å². The van der Waals surface area contributed by atoms with Crippen molar-refractivity contribution in [1.82, 2.24) is 0 Å². The molecule has 1 rings (SSSR count). The van der Waals surface area contributed by atoms with E-state index < -0.39 is 17.0 Å². The van der Waals surface area contributed by atoms with Gasteiger partial charge in [-0.1, -0.05) is 6.92 Å². The lowest BCUT2D eigenvalue weighted by Gasteiger charge is -2.25. The highest BCUT2D eigenvalue weighted by Gasteiger charge is 2.22. The van der Waals surface area contributed by atoms with Crippen LogP contribution in [0.15, 0.2) is 18.2 Å². The molecule has 0 saturated heterocycles. The fourth-order valence-electron chi connectivity index (χ4n) is 1.10. The number of rotatable bonds is 5. The molecular weight excluding hydrogens is 216 g/mol. The van der Waals surface area contributed by atoms with E-state index in [1.807, 2.05) is 0 Å². The van der Waals surface area contributed by atoms with Gasteiger partial charge in [0.15, 0.2) is 0 Å². The molecule has 16 heavy (non-hydrogen) atoms. The molecule has 0 aliphatic carbocycles. The minimum Gasteiger partial charge on any atom is -0.396 e. The molecule has 3 N–H and O–H groups in total. The number of nitrogens with one attached hydrogen (secondary N) is 1. The van der Waals surface area contributed by atoms with Gasteiger partial charge in [-0.3, -0.25) is 0 Å². The number of benzene rings is 1. The molecule has 0 radical (unpaired) electrons. The maximum Gasteiger partial charge on any atom is 0.146 e. The number of hydrogen-bond donors (Lipinski definition) is 3. The average molecular weight is 231 g/mol. The third kappa shape index (κ3) is 3.15.